The predicted molar refractivity (Wildman–Crippen MR) is 137 cm³/mol. The van der Waals surface area contributed by atoms with Crippen LogP contribution in [0, 0.1) is 5.92 Å². The van der Waals surface area contributed by atoms with Crippen LogP contribution < -0.4 is 19.2 Å². The van der Waals surface area contributed by atoms with Crippen LogP contribution in [-0.2, 0) is 4.79 Å². The summed E-state index contributed by atoms with van der Waals surface area (Å²) in [5.74, 6) is 0.927. The first-order valence-electron chi connectivity index (χ1n) is 11.3. The molecule has 0 unspecified atom stereocenters. The number of hydrogen-bond acceptors (Lipinski definition) is 6. The van der Waals surface area contributed by atoms with Crippen LogP contribution in [0.4, 0.5) is 5.69 Å². The Kier molecular flexibility index (Phi) is 7.05. The topological polar surface area (TPSA) is 97.7 Å². The minimum absolute atomic E-state index is 0.0654. The van der Waals surface area contributed by atoms with Gasteiger partial charge in [0.05, 0.1) is 36.8 Å². The molecule has 3 aromatic carbocycles. The van der Waals surface area contributed by atoms with Gasteiger partial charge in [0.25, 0.3) is 5.91 Å². The van der Waals surface area contributed by atoms with Crippen molar-refractivity contribution in [1.29, 1.82) is 0 Å². The van der Waals surface area contributed by atoms with Crippen molar-refractivity contribution in [2.45, 2.75) is 13.8 Å². The van der Waals surface area contributed by atoms with Crippen LogP contribution in [-0.4, -0.2) is 36.9 Å². The van der Waals surface area contributed by atoms with E-state index in [9.17, 15) is 14.7 Å². The molecule has 1 aliphatic heterocycles. The first kappa shape index (κ1) is 24.5. The van der Waals surface area contributed by atoms with E-state index < -0.39 is 5.97 Å². The van der Waals surface area contributed by atoms with Gasteiger partial charge in [0, 0.05) is 5.56 Å². The lowest BCUT2D eigenvalue weighted by Crippen LogP contribution is -2.22. The molecule has 36 heavy (non-hydrogen) atoms. The monoisotopic (exact) mass is 486 g/mol. The Bertz CT molecular complexity index is 1360. The number of methoxy groups -OCH3 is 2. The summed E-state index contributed by atoms with van der Waals surface area (Å²) in [6.45, 7) is 3.88. The molecule has 0 saturated carbocycles. The molecule has 0 aliphatic carbocycles. The Morgan fingerprint density at radius 1 is 0.944 bits per heavy atom. The highest BCUT2D eigenvalue weighted by Gasteiger charge is 2.33. The molecule has 4 rings (SSSR count). The van der Waals surface area contributed by atoms with Crippen molar-refractivity contribution < 1.29 is 28.9 Å². The second kappa shape index (κ2) is 10.4. The molecular weight excluding hydrogens is 460 g/mol. The van der Waals surface area contributed by atoms with E-state index in [1.165, 1.54) is 17.1 Å². The Balaban J connectivity index is 1.75. The van der Waals surface area contributed by atoms with Crippen LogP contribution in [0.5, 0.6) is 23.0 Å². The van der Waals surface area contributed by atoms with Crippen molar-refractivity contribution in [3.05, 3.63) is 83.4 Å². The number of hydrogen-bond donors (Lipinski definition) is 1. The smallest absolute Gasteiger partial charge is 0.335 e. The van der Waals surface area contributed by atoms with Gasteiger partial charge < -0.3 is 19.3 Å². The van der Waals surface area contributed by atoms with E-state index in [-0.39, 0.29) is 17.4 Å². The molecule has 1 aliphatic rings. The Morgan fingerprint density at radius 3 is 2.25 bits per heavy atom. The number of ether oxygens (including phenoxy) is 3. The van der Waals surface area contributed by atoms with E-state index in [1.807, 2.05) is 13.8 Å². The molecule has 3 aromatic rings. The molecule has 0 radical (unpaired) electrons. The fourth-order valence-electron chi connectivity index (χ4n) is 3.72. The molecule has 0 bridgehead atoms. The van der Waals surface area contributed by atoms with Crippen LogP contribution >= 0.6 is 0 Å². The zero-order valence-corrected chi connectivity index (χ0v) is 20.4. The Labute approximate surface area is 209 Å². The summed E-state index contributed by atoms with van der Waals surface area (Å²) >= 11 is 0. The summed E-state index contributed by atoms with van der Waals surface area (Å²) in [4.78, 5) is 24.9. The number of aromatic carboxylic acids is 1. The summed E-state index contributed by atoms with van der Waals surface area (Å²) < 4.78 is 16.7. The Morgan fingerprint density at radius 2 is 1.61 bits per heavy atom. The largest absolute Gasteiger partial charge is 0.497 e. The van der Waals surface area contributed by atoms with Crippen molar-refractivity contribution in [3.8, 4) is 23.0 Å². The van der Waals surface area contributed by atoms with Crippen LogP contribution in [0.25, 0.3) is 6.08 Å². The quantitative estimate of drug-likeness (QED) is 0.414. The number of carboxylic acids is 1. The van der Waals surface area contributed by atoms with Crippen molar-refractivity contribution in [1.82, 2.24) is 0 Å². The summed E-state index contributed by atoms with van der Waals surface area (Å²) in [6, 6.07) is 18.6. The van der Waals surface area contributed by atoms with Crippen molar-refractivity contribution in [3.63, 3.8) is 0 Å². The van der Waals surface area contributed by atoms with Crippen molar-refractivity contribution in [2.75, 3.05) is 19.2 Å². The lowest BCUT2D eigenvalue weighted by Gasteiger charge is -2.13. The van der Waals surface area contributed by atoms with Gasteiger partial charge in [-0.25, -0.2) is 4.79 Å². The van der Waals surface area contributed by atoms with Gasteiger partial charge in [-0.3, -0.25) is 4.79 Å². The highest BCUT2D eigenvalue weighted by molar-refractivity contribution is 6.33. The summed E-state index contributed by atoms with van der Waals surface area (Å²) in [5.41, 5.74) is 2.05. The average Bonchev–Trinajstić information content (AvgIpc) is 3.21. The maximum atomic E-state index is 13.5. The lowest BCUT2D eigenvalue weighted by atomic mass is 9.97. The number of anilines is 1. The predicted octanol–water partition coefficient (Wildman–Crippen LogP) is 5.64. The highest BCUT2D eigenvalue weighted by Crippen LogP contribution is 2.34. The van der Waals surface area contributed by atoms with Gasteiger partial charge in [0.1, 0.15) is 23.0 Å². The minimum Gasteiger partial charge on any atom is -0.497 e. The molecule has 0 fully saturated rings. The van der Waals surface area contributed by atoms with Gasteiger partial charge in [-0.1, -0.05) is 19.9 Å². The minimum atomic E-state index is -1.08. The molecule has 0 aromatic heterocycles. The number of carboxylic acid groups (broad SMARTS) is 1. The van der Waals surface area contributed by atoms with Crippen LogP contribution in [0.1, 0.15) is 29.8 Å². The third-order valence-corrected chi connectivity index (χ3v) is 5.60. The fourth-order valence-corrected chi connectivity index (χ4v) is 3.72. The first-order chi connectivity index (χ1) is 17.3. The molecule has 0 atom stereocenters. The van der Waals surface area contributed by atoms with Gasteiger partial charge in [0.2, 0.25) is 0 Å². The van der Waals surface area contributed by atoms with Gasteiger partial charge in [-0.2, -0.15) is 10.1 Å². The maximum Gasteiger partial charge on any atom is 0.335 e. The van der Waals surface area contributed by atoms with Gasteiger partial charge in [0.15, 0.2) is 0 Å². The molecule has 8 heteroatoms. The van der Waals surface area contributed by atoms with Gasteiger partial charge >= 0.3 is 5.97 Å². The molecule has 184 valence electrons. The second-order valence-corrected chi connectivity index (χ2v) is 8.35. The zero-order chi connectivity index (χ0) is 25.8. The summed E-state index contributed by atoms with van der Waals surface area (Å²) in [7, 11) is 3.16. The van der Waals surface area contributed by atoms with E-state index in [2.05, 4.69) is 5.10 Å². The van der Waals surface area contributed by atoms with Crippen LogP contribution in [0.2, 0.25) is 0 Å². The third-order valence-electron chi connectivity index (χ3n) is 5.60. The van der Waals surface area contributed by atoms with E-state index in [0.717, 1.165) is 0 Å². The molecule has 1 heterocycles. The van der Waals surface area contributed by atoms with E-state index in [1.54, 1.807) is 74.9 Å². The molecule has 0 saturated heterocycles. The lowest BCUT2D eigenvalue weighted by molar-refractivity contribution is -0.114. The number of hydrazone groups is 1. The Hall–Kier alpha value is -4.59. The fraction of sp³-hybridized carbons (Fsp3) is 0.179. The van der Waals surface area contributed by atoms with Crippen molar-refractivity contribution >= 4 is 29.4 Å². The number of benzene rings is 3. The SMILES string of the molecule is COc1ccc(Oc2ccc(OC)cc2/C=C2\C(=O)N(c3cccc(C(=O)O)c3)N=C2C(C)C)cc1. The normalized spacial score (nSPS) is 14.2. The standard InChI is InChI=1S/C28H26N2O6/c1-17(2)26-24(27(31)30(29-26)20-7-5-6-18(14-20)28(32)33)16-19-15-23(35-4)12-13-25(19)36-22-10-8-21(34-3)9-11-22/h5-17H,1-4H3,(H,32,33)/b24-16-. The molecule has 1 N–H and O–H groups in total. The van der Waals surface area contributed by atoms with Gasteiger partial charge in [-0.15, -0.1) is 0 Å². The van der Waals surface area contributed by atoms with E-state index >= 15 is 0 Å². The number of amides is 1. The summed E-state index contributed by atoms with van der Waals surface area (Å²) in [6.07, 6.45) is 1.73. The van der Waals surface area contributed by atoms with Crippen molar-refractivity contribution in [2.24, 2.45) is 11.0 Å². The number of carbonyl (C=O) groups is 2. The molecule has 1 amide bonds. The number of rotatable bonds is 8. The molecule has 8 nitrogen and oxygen atoms in total. The van der Waals surface area contributed by atoms with E-state index in [4.69, 9.17) is 14.2 Å². The van der Waals surface area contributed by atoms with Gasteiger partial charge in [-0.05, 0) is 72.7 Å². The first-order valence-corrected chi connectivity index (χ1v) is 11.3. The molecular formula is C28H26N2O6. The van der Waals surface area contributed by atoms with E-state index in [0.29, 0.717) is 45.5 Å². The third kappa shape index (κ3) is 5.07. The molecule has 0 spiro atoms. The average molecular weight is 487 g/mol. The summed E-state index contributed by atoms with van der Waals surface area (Å²) in [5, 5.41) is 15.1. The maximum absolute atomic E-state index is 13.5. The number of carbonyl (C=O) groups excluding carboxylic acids is 1. The number of nitrogens with zero attached hydrogens (tertiary/aromatic N) is 2. The van der Waals surface area contributed by atoms with Crippen LogP contribution in [0.3, 0.4) is 0 Å². The highest BCUT2D eigenvalue weighted by atomic mass is 16.5. The zero-order valence-electron chi connectivity index (χ0n) is 20.4. The second-order valence-electron chi connectivity index (χ2n) is 8.35. The van der Waals surface area contributed by atoms with Crippen LogP contribution in [0.15, 0.2) is 77.4 Å².